The van der Waals surface area contributed by atoms with Crippen molar-refractivity contribution >= 4 is 17.4 Å². The molecular formula is C28H26F3NO6. The molecule has 1 saturated heterocycles. The van der Waals surface area contributed by atoms with Crippen molar-refractivity contribution in [1.29, 1.82) is 0 Å². The molecule has 4 rings (SSSR count). The Kier molecular flexibility index (Phi) is 7.52. The lowest BCUT2D eigenvalue weighted by Gasteiger charge is -2.24. The standard InChI is InChI=1S/C28H26F3NO6/c1-4-36-19-10-11-20(22(14-19)37-5-2)25(33)23-24(21-12-9-16(3)38-21)32(27(35)26(23)34)15-17-7-6-8-18(13-17)28(29,30)31/h6-14,24,33H,4-5,15H2,1-3H3/b25-23-. The molecule has 1 aliphatic rings. The van der Waals surface area contributed by atoms with Crippen LogP contribution in [0.25, 0.3) is 5.76 Å². The Morgan fingerprint density at radius 3 is 2.39 bits per heavy atom. The number of ether oxygens (including phenoxy) is 2. The minimum atomic E-state index is -4.58. The number of ketones is 1. The molecule has 1 aromatic heterocycles. The van der Waals surface area contributed by atoms with Gasteiger partial charge in [-0.1, -0.05) is 12.1 Å². The summed E-state index contributed by atoms with van der Waals surface area (Å²) in [6.45, 7) is 5.55. The monoisotopic (exact) mass is 529 g/mol. The van der Waals surface area contributed by atoms with Crippen molar-refractivity contribution in [2.24, 2.45) is 0 Å². The molecule has 1 atom stereocenters. The number of aliphatic hydroxyl groups excluding tert-OH is 1. The Morgan fingerprint density at radius 1 is 1.03 bits per heavy atom. The third-order valence-corrected chi connectivity index (χ3v) is 6.00. The van der Waals surface area contributed by atoms with Gasteiger partial charge in [0.2, 0.25) is 0 Å². The highest BCUT2D eigenvalue weighted by atomic mass is 19.4. The lowest BCUT2D eigenvalue weighted by atomic mass is 9.98. The maximum atomic E-state index is 13.3. The second-order valence-corrected chi connectivity index (χ2v) is 8.60. The molecule has 3 aromatic rings. The summed E-state index contributed by atoms with van der Waals surface area (Å²) < 4.78 is 56.8. The van der Waals surface area contributed by atoms with E-state index in [2.05, 4.69) is 0 Å². The van der Waals surface area contributed by atoms with Crippen LogP contribution >= 0.6 is 0 Å². The van der Waals surface area contributed by atoms with Crippen LogP contribution in [0.1, 0.15) is 48.1 Å². The number of carbonyl (C=O) groups is 2. The number of carbonyl (C=O) groups excluding carboxylic acids is 2. The Bertz CT molecular complexity index is 1390. The largest absolute Gasteiger partial charge is 0.507 e. The number of aryl methyl sites for hydroxylation is 1. The van der Waals surface area contributed by atoms with Crippen LogP contribution in [0.3, 0.4) is 0 Å². The highest BCUT2D eigenvalue weighted by Gasteiger charge is 2.48. The molecule has 10 heteroatoms. The summed E-state index contributed by atoms with van der Waals surface area (Å²) in [5.41, 5.74) is -0.833. The second kappa shape index (κ2) is 10.6. The van der Waals surface area contributed by atoms with Gasteiger partial charge < -0.3 is 23.9 Å². The molecule has 1 amide bonds. The number of nitrogens with zero attached hydrogens (tertiary/aromatic N) is 1. The van der Waals surface area contributed by atoms with E-state index >= 15 is 0 Å². The van der Waals surface area contributed by atoms with E-state index in [1.807, 2.05) is 6.92 Å². The number of hydrogen-bond donors (Lipinski definition) is 1. The number of benzene rings is 2. The van der Waals surface area contributed by atoms with E-state index < -0.39 is 35.2 Å². The zero-order valence-corrected chi connectivity index (χ0v) is 21.0. The van der Waals surface area contributed by atoms with E-state index in [-0.39, 0.29) is 41.4 Å². The van der Waals surface area contributed by atoms with Gasteiger partial charge in [0.05, 0.1) is 29.9 Å². The first-order chi connectivity index (χ1) is 18.0. The minimum Gasteiger partial charge on any atom is -0.507 e. The van der Waals surface area contributed by atoms with Gasteiger partial charge in [0.1, 0.15) is 34.8 Å². The predicted octanol–water partition coefficient (Wildman–Crippen LogP) is 6.03. The maximum Gasteiger partial charge on any atom is 0.416 e. The SMILES string of the molecule is CCOc1ccc(/C(O)=C2/C(=O)C(=O)N(Cc3cccc(C(F)(F)F)c3)C2c2ccc(C)o2)c(OCC)c1. The topological polar surface area (TPSA) is 89.2 Å². The van der Waals surface area contributed by atoms with Crippen LogP contribution in [0, 0.1) is 6.92 Å². The van der Waals surface area contributed by atoms with Gasteiger partial charge in [-0.25, -0.2) is 0 Å². The van der Waals surface area contributed by atoms with E-state index in [1.165, 1.54) is 18.2 Å². The molecule has 1 fully saturated rings. The van der Waals surface area contributed by atoms with Crippen LogP contribution in [0.5, 0.6) is 11.5 Å². The lowest BCUT2D eigenvalue weighted by Crippen LogP contribution is -2.29. The molecule has 0 aliphatic carbocycles. The van der Waals surface area contributed by atoms with E-state index in [9.17, 15) is 27.9 Å². The van der Waals surface area contributed by atoms with Crippen molar-refractivity contribution in [2.45, 2.75) is 39.5 Å². The van der Waals surface area contributed by atoms with Crippen molar-refractivity contribution in [1.82, 2.24) is 4.90 Å². The molecule has 2 aromatic carbocycles. The van der Waals surface area contributed by atoms with Crippen LogP contribution in [-0.4, -0.2) is 34.9 Å². The Morgan fingerprint density at radius 2 is 1.76 bits per heavy atom. The summed E-state index contributed by atoms with van der Waals surface area (Å²) in [5, 5.41) is 11.4. The maximum absolute atomic E-state index is 13.3. The van der Waals surface area contributed by atoms with Crippen LogP contribution in [0.15, 0.2) is 64.6 Å². The average molecular weight is 530 g/mol. The number of halogens is 3. The molecule has 7 nitrogen and oxygen atoms in total. The summed E-state index contributed by atoms with van der Waals surface area (Å²) >= 11 is 0. The lowest BCUT2D eigenvalue weighted by molar-refractivity contribution is -0.140. The summed E-state index contributed by atoms with van der Waals surface area (Å²) in [6, 6.07) is 11.2. The van der Waals surface area contributed by atoms with Gasteiger partial charge in [0.25, 0.3) is 11.7 Å². The molecule has 0 radical (unpaired) electrons. The smallest absolute Gasteiger partial charge is 0.416 e. The van der Waals surface area contributed by atoms with Gasteiger partial charge >= 0.3 is 6.18 Å². The van der Waals surface area contributed by atoms with Crippen molar-refractivity contribution < 1.29 is 41.8 Å². The van der Waals surface area contributed by atoms with Gasteiger partial charge in [-0.3, -0.25) is 9.59 Å². The molecule has 0 bridgehead atoms. The molecule has 38 heavy (non-hydrogen) atoms. The summed E-state index contributed by atoms with van der Waals surface area (Å²) in [5.74, 6) is -1.10. The van der Waals surface area contributed by atoms with E-state index in [4.69, 9.17) is 13.9 Å². The molecule has 2 heterocycles. The quantitative estimate of drug-likeness (QED) is 0.218. The number of amides is 1. The van der Waals surface area contributed by atoms with E-state index in [1.54, 1.807) is 38.1 Å². The Balaban J connectivity index is 1.84. The zero-order valence-electron chi connectivity index (χ0n) is 21.0. The van der Waals surface area contributed by atoms with Gasteiger partial charge in [-0.05, 0) is 62.7 Å². The van der Waals surface area contributed by atoms with Crippen molar-refractivity contribution in [3.05, 3.63) is 88.4 Å². The fourth-order valence-electron chi connectivity index (χ4n) is 4.36. The second-order valence-electron chi connectivity index (χ2n) is 8.60. The molecule has 1 N–H and O–H groups in total. The number of rotatable bonds is 8. The number of Topliss-reactive ketones (excluding diaryl/α,β-unsaturated/α-hetero) is 1. The first-order valence-electron chi connectivity index (χ1n) is 12.0. The highest BCUT2D eigenvalue weighted by molar-refractivity contribution is 6.46. The van der Waals surface area contributed by atoms with Crippen LogP contribution < -0.4 is 9.47 Å². The number of alkyl halides is 3. The Hall–Kier alpha value is -4.21. The Labute approximate surface area is 217 Å². The van der Waals surface area contributed by atoms with Crippen molar-refractivity contribution in [3.8, 4) is 11.5 Å². The first kappa shape index (κ1) is 26.8. The molecule has 200 valence electrons. The zero-order chi connectivity index (χ0) is 27.6. The average Bonchev–Trinajstić information content (AvgIpc) is 3.40. The minimum absolute atomic E-state index is 0.153. The molecule has 0 spiro atoms. The molecule has 1 unspecified atom stereocenters. The summed E-state index contributed by atoms with van der Waals surface area (Å²) in [4.78, 5) is 27.6. The van der Waals surface area contributed by atoms with Crippen LogP contribution in [0.4, 0.5) is 13.2 Å². The highest BCUT2D eigenvalue weighted by Crippen LogP contribution is 2.43. The van der Waals surface area contributed by atoms with E-state index in [0.29, 0.717) is 18.1 Å². The number of furan rings is 1. The van der Waals surface area contributed by atoms with Crippen LogP contribution in [0.2, 0.25) is 0 Å². The number of aliphatic hydroxyl groups is 1. The number of hydrogen-bond acceptors (Lipinski definition) is 6. The van der Waals surface area contributed by atoms with Gasteiger partial charge in [-0.15, -0.1) is 0 Å². The summed E-state index contributed by atoms with van der Waals surface area (Å²) in [6.07, 6.45) is -4.58. The molecule has 1 aliphatic heterocycles. The van der Waals surface area contributed by atoms with Crippen molar-refractivity contribution in [3.63, 3.8) is 0 Å². The van der Waals surface area contributed by atoms with E-state index in [0.717, 1.165) is 17.0 Å². The van der Waals surface area contributed by atoms with Crippen molar-refractivity contribution in [2.75, 3.05) is 13.2 Å². The van der Waals surface area contributed by atoms with Gasteiger partial charge in [-0.2, -0.15) is 13.2 Å². The van der Waals surface area contributed by atoms with Gasteiger partial charge in [0, 0.05) is 12.6 Å². The molecular weight excluding hydrogens is 503 g/mol. The normalized spacial score (nSPS) is 17.2. The number of likely N-dealkylation sites (tertiary alicyclic amines) is 1. The third kappa shape index (κ3) is 5.25. The van der Waals surface area contributed by atoms with Crippen LogP contribution in [-0.2, 0) is 22.3 Å². The summed E-state index contributed by atoms with van der Waals surface area (Å²) in [7, 11) is 0. The predicted molar refractivity (Wildman–Crippen MR) is 132 cm³/mol. The fourth-order valence-corrected chi connectivity index (χ4v) is 4.36. The third-order valence-electron chi connectivity index (χ3n) is 6.00. The first-order valence-corrected chi connectivity index (χ1v) is 12.0. The van der Waals surface area contributed by atoms with Gasteiger partial charge in [0.15, 0.2) is 0 Å². The molecule has 0 saturated carbocycles. The fraction of sp³-hybridized carbons (Fsp3) is 0.286.